The van der Waals surface area contributed by atoms with E-state index < -0.39 is 0 Å². The lowest BCUT2D eigenvalue weighted by Gasteiger charge is -2.08. The molecule has 5 aromatic rings. The van der Waals surface area contributed by atoms with Crippen molar-refractivity contribution in [2.24, 2.45) is 0 Å². The van der Waals surface area contributed by atoms with E-state index in [2.05, 4.69) is 36.4 Å². The monoisotopic (exact) mass is 311 g/mol. The van der Waals surface area contributed by atoms with Crippen LogP contribution in [0.15, 0.2) is 72.8 Å². The van der Waals surface area contributed by atoms with Gasteiger partial charge in [-0.2, -0.15) is 0 Å². The number of hydrogen-bond donors (Lipinski definition) is 1. The van der Waals surface area contributed by atoms with E-state index in [9.17, 15) is 4.39 Å². The van der Waals surface area contributed by atoms with Crippen LogP contribution in [0.2, 0.25) is 0 Å². The fraction of sp³-hybridized carbons (Fsp3) is 0. The molecule has 2 N–H and O–H groups in total. The van der Waals surface area contributed by atoms with Gasteiger partial charge in [-0.25, -0.2) is 4.39 Å². The number of fused-ring (bicyclic) bond motifs is 4. The first kappa shape index (κ1) is 13.3. The summed E-state index contributed by atoms with van der Waals surface area (Å²) in [7, 11) is 0. The molecule has 0 aromatic heterocycles. The van der Waals surface area contributed by atoms with E-state index in [0.29, 0.717) is 11.1 Å². The molecule has 114 valence electrons. The highest BCUT2D eigenvalue weighted by Crippen LogP contribution is 2.31. The summed E-state index contributed by atoms with van der Waals surface area (Å²) in [6, 6.07) is 24.1. The van der Waals surface area contributed by atoms with Gasteiger partial charge in [0.15, 0.2) is 0 Å². The average Bonchev–Trinajstić information content (AvgIpc) is 2.56. The maximum absolute atomic E-state index is 14.2. The van der Waals surface area contributed by atoms with Gasteiger partial charge in [0, 0.05) is 11.1 Å². The Labute approximate surface area is 138 Å². The zero-order valence-corrected chi connectivity index (χ0v) is 12.9. The summed E-state index contributed by atoms with van der Waals surface area (Å²) in [5, 5.41) is 8.35. The Kier molecular flexibility index (Phi) is 2.60. The van der Waals surface area contributed by atoms with Crippen molar-refractivity contribution in [2.75, 3.05) is 5.73 Å². The van der Waals surface area contributed by atoms with E-state index in [1.165, 1.54) is 22.2 Å². The second-order valence-corrected chi connectivity index (χ2v) is 6.32. The molecule has 0 bridgehead atoms. The molecule has 0 fully saturated rings. The molecule has 0 aliphatic heterocycles. The molecule has 0 saturated carbocycles. The maximum atomic E-state index is 14.2. The third kappa shape index (κ3) is 1.93. The summed E-state index contributed by atoms with van der Waals surface area (Å²) in [5.41, 5.74) is 6.23. The van der Waals surface area contributed by atoms with Gasteiger partial charge in [0.2, 0.25) is 0 Å². The van der Waals surface area contributed by atoms with Crippen LogP contribution in [0.1, 0.15) is 0 Å². The molecule has 5 rings (SSSR count). The molecule has 24 heavy (non-hydrogen) atoms. The molecule has 5 aromatic carbocycles. The fourth-order valence-corrected chi connectivity index (χ4v) is 3.53. The van der Waals surface area contributed by atoms with E-state index in [1.54, 1.807) is 0 Å². The van der Waals surface area contributed by atoms with Crippen molar-refractivity contribution in [1.29, 1.82) is 0 Å². The van der Waals surface area contributed by atoms with Crippen molar-refractivity contribution in [3.8, 4) is 0 Å². The largest absolute Gasteiger partial charge is 0.399 e. The van der Waals surface area contributed by atoms with Crippen LogP contribution in [0.25, 0.3) is 43.1 Å². The first-order valence-electron chi connectivity index (χ1n) is 7.92. The highest BCUT2D eigenvalue weighted by molar-refractivity contribution is 6.08. The molecule has 0 saturated heterocycles. The van der Waals surface area contributed by atoms with Crippen molar-refractivity contribution >= 4 is 48.8 Å². The molecule has 0 unspecified atom stereocenters. The lowest BCUT2D eigenvalue weighted by molar-refractivity contribution is 0.640. The number of rotatable bonds is 0. The zero-order valence-electron chi connectivity index (χ0n) is 12.9. The minimum Gasteiger partial charge on any atom is -0.399 e. The molecular weight excluding hydrogens is 297 g/mol. The Morgan fingerprint density at radius 3 is 1.67 bits per heavy atom. The lowest BCUT2D eigenvalue weighted by Crippen LogP contribution is -1.88. The van der Waals surface area contributed by atoms with Gasteiger partial charge in [-0.15, -0.1) is 0 Å². The van der Waals surface area contributed by atoms with Crippen molar-refractivity contribution in [1.82, 2.24) is 0 Å². The molecule has 0 atom stereocenters. The van der Waals surface area contributed by atoms with E-state index in [1.807, 2.05) is 30.3 Å². The molecule has 0 aliphatic rings. The molecule has 0 amide bonds. The summed E-state index contributed by atoms with van der Waals surface area (Å²) < 4.78 is 14.2. The average molecular weight is 311 g/mol. The second-order valence-electron chi connectivity index (χ2n) is 6.32. The van der Waals surface area contributed by atoms with Crippen molar-refractivity contribution in [3.63, 3.8) is 0 Å². The standard InChI is InChI=1S/C22H14FN/c23-22-12-20(24)10-19-9-17-7-15-5-13-3-1-2-4-14(13)6-16(15)8-18(17)11-21(19)22/h1-12H,24H2. The van der Waals surface area contributed by atoms with Gasteiger partial charge in [0.1, 0.15) is 5.82 Å². The highest BCUT2D eigenvalue weighted by atomic mass is 19.1. The zero-order chi connectivity index (χ0) is 16.3. The third-order valence-corrected chi connectivity index (χ3v) is 4.70. The molecule has 1 nitrogen and oxygen atoms in total. The molecule has 0 radical (unpaired) electrons. The van der Waals surface area contributed by atoms with Gasteiger partial charge in [0.25, 0.3) is 0 Å². The normalized spacial score (nSPS) is 11.7. The summed E-state index contributed by atoms with van der Waals surface area (Å²) in [4.78, 5) is 0. The molecule has 0 heterocycles. The smallest absolute Gasteiger partial charge is 0.133 e. The summed E-state index contributed by atoms with van der Waals surface area (Å²) in [5.74, 6) is -0.273. The molecule has 0 spiro atoms. The van der Waals surface area contributed by atoms with E-state index in [-0.39, 0.29) is 5.82 Å². The first-order valence-corrected chi connectivity index (χ1v) is 7.92. The van der Waals surface area contributed by atoms with Gasteiger partial charge in [0.05, 0.1) is 0 Å². The Balaban J connectivity index is 1.91. The van der Waals surface area contributed by atoms with Crippen LogP contribution in [0.3, 0.4) is 0 Å². The van der Waals surface area contributed by atoms with Crippen molar-refractivity contribution in [3.05, 3.63) is 78.6 Å². The molecule has 2 heteroatoms. The van der Waals surface area contributed by atoms with Gasteiger partial charge in [-0.1, -0.05) is 24.3 Å². The number of hydrogen-bond acceptors (Lipinski definition) is 1. The Morgan fingerprint density at radius 1 is 0.542 bits per heavy atom. The van der Waals surface area contributed by atoms with Crippen molar-refractivity contribution in [2.45, 2.75) is 0 Å². The van der Waals surface area contributed by atoms with Crippen LogP contribution < -0.4 is 5.73 Å². The van der Waals surface area contributed by atoms with E-state index >= 15 is 0 Å². The van der Waals surface area contributed by atoms with Gasteiger partial charge in [-0.05, 0) is 86.2 Å². The highest BCUT2D eigenvalue weighted by Gasteiger charge is 2.06. The molecular formula is C22H14FN. The van der Waals surface area contributed by atoms with Crippen LogP contribution >= 0.6 is 0 Å². The Bertz CT molecular complexity index is 1270. The minimum absolute atomic E-state index is 0.273. The van der Waals surface area contributed by atoms with Gasteiger partial charge in [-0.3, -0.25) is 0 Å². The van der Waals surface area contributed by atoms with Crippen LogP contribution in [0.5, 0.6) is 0 Å². The van der Waals surface area contributed by atoms with Crippen LogP contribution in [0, 0.1) is 5.82 Å². The Morgan fingerprint density at radius 2 is 1.04 bits per heavy atom. The number of anilines is 1. The number of halogens is 1. The SMILES string of the molecule is Nc1cc(F)c2cc3cc4cc5ccccc5cc4cc3cc2c1. The van der Waals surface area contributed by atoms with Crippen LogP contribution in [-0.4, -0.2) is 0 Å². The lowest BCUT2D eigenvalue weighted by atomic mass is 9.97. The third-order valence-electron chi connectivity index (χ3n) is 4.70. The first-order chi connectivity index (χ1) is 11.7. The number of benzene rings is 5. The summed E-state index contributed by atoms with van der Waals surface area (Å²) in [6.07, 6.45) is 0. The van der Waals surface area contributed by atoms with Gasteiger partial charge < -0.3 is 5.73 Å². The number of nitrogen functional groups attached to an aromatic ring is 1. The van der Waals surface area contributed by atoms with E-state index in [4.69, 9.17) is 5.73 Å². The minimum atomic E-state index is -0.273. The number of nitrogens with two attached hydrogens (primary N) is 1. The van der Waals surface area contributed by atoms with Gasteiger partial charge >= 0.3 is 0 Å². The van der Waals surface area contributed by atoms with Crippen LogP contribution in [0.4, 0.5) is 10.1 Å². The predicted octanol–water partition coefficient (Wildman–Crippen LogP) is 6.02. The van der Waals surface area contributed by atoms with Crippen molar-refractivity contribution < 1.29 is 4.39 Å². The quantitative estimate of drug-likeness (QED) is 0.274. The van der Waals surface area contributed by atoms with E-state index in [0.717, 1.165) is 21.5 Å². The molecule has 0 aliphatic carbocycles. The summed E-state index contributed by atoms with van der Waals surface area (Å²) >= 11 is 0. The second kappa shape index (κ2) is 4.68. The topological polar surface area (TPSA) is 26.0 Å². The maximum Gasteiger partial charge on any atom is 0.133 e. The van der Waals surface area contributed by atoms with Crippen LogP contribution in [-0.2, 0) is 0 Å². The summed E-state index contributed by atoms with van der Waals surface area (Å²) in [6.45, 7) is 0. The fourth-order valence-electron chi connectivity index (χ4n) is 3.53. The predicted molar refractivity (Wildman–Crippen MR) is 101 cm³/mol. The Hall–Kier alpha value is -3.13.